The maximum atomic E-state index is 13.5. The van der Waals surface area contributed by atoms with Crippen molar-refractivity contribution in [2.24, 2.45) is 5.92 Å². The minimum atomic E-state index is -1.12. The molecule has 0 spiro atoms. The second-order valence-electron chi connectivity index (χ2n) is 7.65. The Bertz CT molecular complexity index is 1270. The number of para-hydroxylation sites is 1. The van der Waals surface area contributed by atoms with Crippen molar-refractivity contribution in [2.45, 2.75) is 12.1 Å². The zero-order valence-electron chi connectivity index (χ0n) is 16.9. The van der Waals surface area contributed by atoms with Crippen molar-refractivity contribution in [2.75, 3.05) is 9.96 Å². The number of carbonyl (C=O) groups excluding carboxylic acids is 2. The number of hydrogen-bond donors (Lipinski definition) is 1. The van der Waals surface area contributed by atoms with Gasteiger partial charge in [0.15, 0.2) is 6.10 Å². The highest BCUT2D eigenvalue weighted by atomic mass is 35.5. The van der Waals surface area contributed by atoms with Crippen LogP contribution in [0.3, 0.4) is 0 Å². The second-order valence-corrected chi connectivity index (χ2v) is 8.06. The third-order valence-electron chi connectivity index (χ3n) is 5.75. The van der Waals surface area contributed by atoms with Crippen molar-refractivity contribution in [1.29, 1.82) is 0 Å². The van der Waals surface area contributed by atoms with Gasteiger partial charge in [-0.25, -0.2) is 9.96 Å². The molecule has 1 N–H and O–H groups in total. The van der Waals surface area contributed by atoms with E-state index in [1.54, 1.807) is 24.3 Å². The van der Waals surface area contributed by atoms with E-state index < -0.39 is 40.5 Å². The van der Waals surface area contributed by atoms with Crippen LogP contribution in [0.1, 0.15) is 11.6 Å². The number of benzene rings is 3. The van der Waals surface area contributed by atoms with Crippen molar-refractivity contribution in [3.8, 4) is 5.75 Å². The molecule has 2 heterocycles. The highest BCUT2D eigenvalue weighted by molar-refractivity contribution is 6.33. The van der Waals surface area contributed by atoms with Gasteiger partial charge in [-0.3, -0.25) is 24.5 Å². The van der Waals surface area contributed by atoms with Gasteiger partial charge in [0, 0.05) is 6.07 Å². The van der Waals surface area contributed by atoms with Gasteiger partial charge in [0.2, 0.25) is 5.91 Å². The Kier molecular flexibility index (Phi) is 4.99. The predicted molar refractivity (Wildman–Crippen MR) is 119 cm³/mol. The molecule has 2 fully saturated rings. The molecular formula is C23H16ClN3O6. The number of phenolic OH excluding ortho intramolecular Hbond substituents is 1. The molecule has 10 heteroatoms. The Morgan fingerprint density at radius 1 is 0.939 bits per heavy atom. The van der Waals surface area contributed by atoms with Crippen molar-refractivity contribution >= 4 is 40.5 Å². The van der Waals surface area contributed by atoms with E-state index in [1.165, 1.54) is 29.3 Å². The number of aromatic hydroxyl groups is 1. The summed E-state index contributed by atoms with van der Waals surface area (Å²) in [6.07, 6.45) is -1.12. The fourth-order valence-corrected chi connectivity index (χ4v) is 4.44. The molecule has 166 valence electrons. The molecule has 2 aliphatic rings. The summed E-state index contributed by atoms with van der Waals surface area (Å²) in [4.78, 5) is 44.4. The lowest BCUT2D eigenvalue weighted by molar-refractivity contribution is -0.384. The Labute approximate surface area is 192 Å². The molecule has 2 amide bonds. The number of anilines is 2. The molecule has 2 saturated heterocycles. The zero-order chi connectivity index (χ0) is 23.3. The first-order valence-corrected chi connectivity index (χ1v) is 10.4. The first-order chi connectivity index (χ1) is 15.9. The number of imide groups is 1. The molecule has 9 nitrogen and oxygen atoms in total. The average Bonchev–Trinajstić information content (AvgIpc) is 3.31. The molecule has 3 aromatic carbocycles. The monoisotopic (exact) mass is 465 g/mol. The van der Waals surface area contributed by atoms with Gasteiger partial charge >= 0.3 is 0 Å². The molecular weight excluding hydrogens is 450 g/mol. The summed E-state index contributed by atoms with van der Waals surface area (Å²) < 4.78 is 0. The maximum Gasteiger partial charge on any atom is 0.289 e. The van der Waals surface area contributed by atoms with Gasteiger partial charge in [-0.05, 0) is 42.0 Å². The van der Waals surface area contributed by atoms with Gasteiger partial charge in [-0.2, -0.15) is 0 Å². The van der Waals surface area contributed by atoms with Gasteiger partial charge < -0.3 is 5.11 Å². The van der Waals surface area contributed by atoms with Crippen LogP contribution in [0.4, 0.5) is 17.1 Å². The lowest BCUT2D eigenvalue weighted by atomic mass is 9.90. The molecule has 0 aromatic heterocycles. The molecule has 5 rings (SSSR count). The topological polar surface area (TPSA) is 113 Å². The molecule has 3 atom stereocenters. The normalized spacial score (nSPS) is 22.0. The molecule has 0 unspecified atom stereocenters. The van der Waals surface area contributed by atoms with Gasteiger partial charge in [-0.1, -0.05) is 41.9 Å². The summed E-state index contributed by atoms with van der Waals surface area (Å²) >= 11 is 5.89. The van der Waals surface area contributed by atoms with Crippen LogP contribution in [0.5, 0.6) is 5.75 Å². The van der Waals surface area contributed by atoms with Gasteiger partial charge in [0.1, 0.15) is 16.7 Å². The number of rotatable bonds is 4. The fourth-order valence-electron chi connectivity index (χ4n) is 4.26. The van der Waals surface area contributed by atoms with E-state index in [0.29, 0.717) is 11.3 Å². The Morgan fingerprint density at radius 2 is 1.64 bits per heavy atom. The average molecular weight is 466 g/mol. The van der Waals surface area contributed by atoms with Gasteiger partial charge in [-0.15, -0.1) is 0 Å². The van der Waals surface area contributed by atoms with E-state index >= 15 is 0 Å². The number of hydroxylamine groups is 1. The minimum Gasteiger partial charge on any atom is -0.508 e. The number of halogens is 1. The summed E-state index contributed by atoms with van der Waals surface area (Å²) in [7, 11) is 0. The van der Waals surface area contributed by atoms with Crippen LogP contribution >= 0.6 is 11.6 Å². The molecule has 0 radical (unpaired) electrons. The molecule has 2 aliphatic heterocycles. The molecule has 0 saturated carbocycles. The largest absolute Gasteiger partial charge is 0.508 e. The lowest BCUT2D eigenvalue weighted by Gasteiger charge is -2.28. The van der Waals surface area contributed by atoms with E-state index in [-0.39, 0.29) is 16.5 Å². The van der Waals surface area contributed by atoms with Crippen LogP contribution < -0.4 is 9.96 Å². The van der Waals surface area contributed by atoms with E-state index in [4.69, 9.17) is 16.4 Å². The first-order valence-electron chi connectivity index (χ1n) is 9.98. The van der Waals surface area contributed by atoms with E-state index in [1.807, 2.05) is 18.2 Å². The van der Waals surface area contributed by atoms with Gasteiger partial charge in [0.05, 0.1) is 22.3 Å². The number of nitro benzene ring substituents is 1. The van der Waals surface area contributed by atoms with Crippen LogP contribution in [0.25, 0.3) is 0 Å². The number of nitrogens with zero attached hydrogens (tertiary/aromatic N) is 3. The SMILES string of the molecule is O=C1[C@@H]2[C@@H](ON(c3ccccc3)[C@H]2c2ccc(O)cc2)C(=O)N1c1ccc(Cl)c([N+](=O)[O-])c1. The fraction of sp³-hybridized carbons (Fsp3) is 0.130. The summed E-state index contributed by atoms with van der Waals surface area (Å²) in [6, 6.07) is 18.5. The van der Waals surface area contributed by atoms with E-state index in [9.17, 15) is 24.8 Å². The Hall–Kier alpha value is -3.95. The number of hydrogen-bond acceptors (Lipinski definition) is 7. The second kappa shape index (κ2) is 7.88. The highest BCUT2D eigenvalue weighted by Crippen LogP contribution is 2.48. The third-order valence-corrected chi connectivity index (χ3v) is 6.06. The summed E-state index contributed by atoms with van der Waals surface area (Å²) in [5.41, 5.74) is 0.956. The zero-order valence-corrected chi connectivity index (χ0v) is 17.6. The number of fused-ring (bicyclic) bond motifs is 1. The maximum absolute atomic E-state index is 13.5. The van der Waals surface area contributed by atoms with Crippen LogP contribution in [0.2, 0.25) is 5.02 Å². The molecule has 0 bridgehead atoms. The summed E-state index contributed by atoms with van der Waals surface area (Å²) in [5, 5.41) is 22.4. The van der Waals surface area contributed by atoms with Crippen molar-refractivity contribution in [3.05, 3.63) is 93.5 Å². The highest BCUT2D eigenvalue weighted by Gasteiger charge is 2.60. The van der Waals surface area contributed by atoms with E-state index in [2.05, 4.69) is 0 Å². The summed E-state index contributed by atoms with van der Waals surface area (Å²) in [6.45, 7) is 0. The molecule has 33 heavy (non-hydrogen) atoms. The van der Waals surface area contributed by atoms with Crippen molar-refractivity contribution in [3.63, 3.8) is 0 Å². The molecule has 0 aliphatic carbocycles. The number of amides is 2. The van der Waals surface area contributed by atoms with Crippen molar-refractivity contribution < 1.29 is 24.5 Å². The smallest absolute Gasteiger partial charge is 0.289 e. The van der Waals surface area contributed by atoms with Crippen LogP contribution in [-0.2, 0) is 14.4 Å². The Balaban J connectivity index is 1.58. The number of nitro groups is 1. The first kappa shape index (κ1) is 20.9. The lowest BCUT2D eigenvalue weighted by Crippen LogP contribution is -2.37. The quantitative estimate of drug-likeness (QED) is 0.352. The van der Waals surface area contributed by atoms with Crippen LogP contribution in [0, 0.1) is 16.0 Å². The number of carbonyl (C=O) groups is 2. The summed E-state index contributed by atoms with van der Waals surface area (Å²) in [5.74, 6) is -2.01. The number of phenols is 1. The Morgan fingerprint density at radius 3 is 2.30 bits per heavy atom. The van der Waals surface area contributed by atoms with E-state index in [0.717, 1.165) is 11.0 Å². The third kappa shape index (κ3) is 3.38. The molecule has 3 aromatic rings. The standard InChI is InChI=1S/C23H16ClN3O6/c24-17-11-8-15(12-18(17)27(31)32)25-22(29)19-20(13-6-9-16(28)10-7-13)26(33-21(19)23(25)30)14-4-2-1-3-5-14/h1-12,19-21,28H/t19-,20-,21+/m0/s1. The van der Waals surface area contributed by atoms with Gasteiger partial charge in [0.25, 0.3) is 11.6 Å². The van der Waals surface area contributed by atoms with Crippen LogP contribution in [-0.4, -0.2) is 27.9 Å². The van der Waals surface area contributed by atoms with Crippen molar-refractivity contribution in [1.82, 2.24) is 0 Å². The predicted octanol–water partition coefficient (Wildman–Crippen LogP) is 4.00. The minimum absolute atomic E-state index is 0.0508. The van der Waals surface area contributed by atoms with Crippen LogP contribution in [0.15, 0.2) is 72.8 Å².